The number of anilines is 1. The van der Waals surface area contributed by atoms with Crippen molar-refractivity contribution in [3.05, 3.63) is 50.0 Å². The van der Waals surface area contributed by atoms with Crippen molar-refractivity contribution in [2.24, 2.45) is 0 Å². The van der Waals surface area contributed by atoms with Crippen LogP contribution < -0.4 is 14.4 Å². The highest BCUT2D eigenvalue weighted by molar-refractivity contribution is 14.1. The van der Waals surface area contributed by atoms with Crippen molar-refractivity contribution < 1.29 is 23.4 Å². The minimum Gasteiger partial charge on any atom is -0.485 e. The summed E-state index contributed by atoms with van der Waals surface area (Å²) in [5.41, 5.74) is 0.825. The number of likely N-dealkylation sites (tertiary alicyclic amines) is 1. The number of aromatic nitrogens is 2. The van der Waals surface area contributed by atoms with Crippen LogP contribution in [0.15, 0.2) is 40.9 Å². The molecule has 0 aliphatic carbocycles. The molecule has 0 N–H and O–H groups in total. The molecule has 12 heteroatoms. The fourth-order valence-electron chi connectivity index (χ4n) is 7.41. The van der Waals surface area contributed by atoms with Crippen LogP contribution in [0.3, 0.4) is 0 Å². The largest absolute Gasteiger partial charge is 0.485 e. The summed E-state index contributed by atoms with van der Waals surface area (Å²) in [5, 5.41) is 0.861. The summed E-state index contributed by atoms with van der Waals surface area (Å²) in [7, 11) is 0. The molecule has 1 aromatic heterocycles. The maximum atomic E-state index is 14.5. The summed E-state index contributed by atoms with van der Waals surface area (Å²) in [6, 6.07) is 12.5. The summed E-state index contributed by atoms with van der Waals surface area (Å²) in [5.74, 6) is 1.39. The van der Waals surface area contributed by atoms with Crippen molar-refractivity contribution in [3.8, 4) is 11.8 Å². The van der Waals surface area contributed by atoms with Crippen LogP contribution in [0.1, 0.15) is 52.0 Å². The number of hydrogen-bond acceptors (Lipinski definition) is 8. The SMILES string of the molecule is CC(C)(C)OC(=O)N1C[C@@H]2C[C@H]1CN2c1nc(OC[C@@]23CCCN2CC(F)C3)nc2c(OCc3ccccc3)c(Br)c(I)cc12. The number of carbonyl (C=O) groups is 1. The number of amides is 1. The molecular formula is C33H38BrFIN5O4. The molecule has 9 nitrogen and oxygen atoms in total. The molecule has 7 rings (SSSR count). The van der Waals surface area contributed by atoms with Gasteiger partial charge in [0.25, 0.3) is 0 Å². The monoisotopic (exact) mass is 793 g/mol. The van der Waals surface area contributed by atoms with Crippen molar-refractivity contribution >= 4 is 61.3 Å². The summed E-state index contributed by atoms with van der Waals surface area (Å²) in [4.78, 5) is 29.3. The average molecular weight is 795 g/mol. The lowest BCUT2D eigenvalue weighted by Gasteiger charge is -2.36. The predicted octanol–water partition coefficient (Wildman–Crippen LogP) is 6.73. The summed E-state index contributed by atoms with van der Waals surface area (Å²) in [6.07, 6.45) is 2.13. The zero-order valence-corrected chi connectivity index (χ0v) is 29.5. The Hall–Kier alpha value is -2.45. The van der Waals surface area contributed by atoms with Crippen LogP contribution in [0, 0.1) is 3.57 Å². The number of halogens is 3. The van der Waals surface area contributed by atoms with Gasteiger partial charge >= 0.3 is 12.1 Å². The van der Waals surface area contributed by atoms with Gasteiger partial charge in [-0.1, -0.05) is 30.3 Å². The Morgan fingerprint density at radius 1 is 1.13 bits per heavy atom. The molecule has 4 saturated heterocycles. The molecule has 2 aromatic carbocycles. The highest BCUT2D eigenvalue weighted by Gasteiger charge is 2.50. The number of piperazine rings is 1. The van der Waals surface area contributed by atoms with Gasteiger partial charge in [0, 0.05) is 35.0 Å². The van der Waals surface area contributed by atoms with Crippen molar-refractivity contribution in [2.45, 2.75) is 82.5 Å². The molecule has 0 saturated carbocycles. The van der Waals surface area contributed by atoms with Crippen molar-refractivity contribution in [1.29, 1.82) is 0 Å². The second kappa shape index (κ2) is 12.0. The number of ether oxygens (including phenoxy) is 3. The number of nitrogens with zero attached hydrogens (tertiary/aromatic N) is 5. The van der Waals surface area contributed by atoms with E-state index in [0.717, 1.165) is 50.6 Å². The van der Waals surface area contributed by atoms with Crippen LogP contribution in [-0.2, 0) is 11.3 Å². The first kappa shape index (κ1) is 31.2. The third-order valence-electron chi connectivity index (χ3n) is 9.40. The highest BCUT2D eigenvalue weighted by Crippen LogP contribution is 2.45. The van der Waals surface area contributed by atoms with E-state index in [1.165, 1.54) is 0 Å². The third-order valence-corrected chi connectivity index (χ3v) is 11.8. The molecule has 45 heavy (non-hydrogen) atoms. The maximum absolute atomic E-state index is 14.5. The topological polar surface area (TPSA) is 80.3 Å². The van der Waals surface area contributed by atoms with Crippen LogP contribution in [0.4, 0.5) is 15.0 Å². The van der Waals surface area contributed by atoms with E-state index < -0.39 is 11.8 Å². The number of alkyl halides is 1. The van der Waals surface area contributed by atoms with E-state index in [4.69, 9.17) is 24.2 Å². The second-order valence-electron chi connectivity index (χ2n) is 13.7. The quantitative estimate of drug-likeness (QED) is 0.244. The minimum absolute atomic E-state index is 0.0217. The van der Waals surface area contributed by atoms with E-state index in [1.54, 1.807) is 0 Å². The van der Waals surface area contributed by atoms with Crippen LogP contribution in [0.5, 0.6) is 11.8 Å². The minimum atomic E-state index is -0.842. The normalized spacial score (nSPS) is 26.1. The van der Waals surface area contributed by atoms with Gasteiger partial charge in [-0.2, -0.15) is 9.97 Å². The van der Waals surface area contributed by atoms with Gasteiger partial charge in [-0.15, -0.1) is 0 Å². The van der Waals surface area contributed by atoms with Crippen molar-refractivity contribution in [3.63, 3.8) is 0 Å². The summed E-state index contributed by atoms with van der Waals surface area (Å²) >= 11 is 6.08. The predicted molar refractivity (Wildman–Crippen MR) is 182 cm³/mol. The van der Waals surface area contributed by atoms with Crippen LogP contribution in [-0.4, -0.2) is 88.0 Å². The molecule has 0 radical (unpaired) electrons. The Balaban J connectivity index is 1.24. The fraction of sp³-hybridized carbons (Fsp3) is 0.545. The van der Waals surface area contributed by atoms with Gasteiger partial charge in [0.2, 0.25) is 0 Å². The van der Waals surface area contributed by atoms with Crippen LogP contribution in [0.25, 0.3) is 10.9 Å². The molecule has 4 aliphatic heterocycles. The van der Waals surface area contributed by atoms with Gasteiger partial charge in [-0.25, -0.2) is 9.18 Å². The Morgan fingerprint density at radius 3 is 2.67 bits per heavy atom. The smallest absolute Gasteiger partial charge is 0.410 e. The average Bonchev–Trinajstić information content (AvgIpc) is 3.76. The number of hydrogen-bond donors (Lipinski definition) is 0. The van der Waals surface area contributed by atoms with E-state index in [9.17, 15) is 9.18 Å². The highest BCUT2D eigenvalue weighted by atomic mass is 127. The number of benzene rings is 2. The van der Waals surface area contributed by atoms with Crippen molar-refractivity contribution in [1.82, 2.24) is 19.8 Å². The van der Waals surface area contributed by atoms with Crippen LogP contribution >= 0.6 is 38.5 Å². The lowest BCUT2D eigenvalue weighted by atomic mass is 9.95. The number of rotatable bonds is 7. The van der Waals surface area contributed by atoms with Gasteiger partial charge in [-0.3, -0.25) is 4.90 Å². The summed E-state index contributed by atoms with van der Waals surface area (Å²) < 4.78 is 34.9. The third kappa shape index (κ3) is 6.06. The van der Waals surface area contributed by atoms with E-state index >= 15 is 0 Å². The van der Waals surface area contributed by atoms with Gasteiger partial charge in [-0.05, 0) is 96.7 Å². The number of fused-ring (bicyclic) bond motifs is 4. The van der Waals surface area contributed by atoms with Crippen molar-refractivity contribution in [2.75, 3.05) is 37.7 Å². The maximum Gasteiger partial charge on any atom is 0.410 e. The molecule has 240 valence electrons. The molecule has 5 heterocycles. The molecule has 0 spiro atoms. The van der Waals surface area contributed by atoms with E-state index in [1.807, 2.05) is 56.0 Å². The van der Waals surface area contributed by atoms with Gasteiger partial charge < -0.3 is 24.0 Å². The lowest BCUT2D eigenvalue weighted by Crippen LogP contribution is -2.50. The molecule has 1 amide bonds. The zero-order chi connectivity index (χ0) is 31.5. The Bertz CT molecular complexity index is 1610. The first-order valence-electron chi connectivity index (χ1n) is 15.6. The molecule has 4 atom stereocenters. The Kier molecular flexibility index (Phi) is 8.29. The van der Waals surface area contributed by atoms with E-state index in [-0.39, 0.29) is 29.7 Å². The molecule has 3 aromatic rings. The molecule has 4 fully saturated rings. The first-order valence-corrected chi connectivity index (χ1v) is 17.5. The zero-order valence-electron chi connectivity index (χ0n) is 25.8. The second-order valence-corrected chi connectivity index (χ2v) is 15.6. The molecule has 4 aliphatic rings. The molecule has 1 unspecified atom stereocenters. The fourth-order valence-corrected chi connectivity index (χ4v) is 8.38. The van der Waals surface area contributed by atoms with E-state index in [0.29, 0.717) is 50.5 Å². The Morgan fingerprint density at radius 2 is 1.93 bits per heavy atom. The first-order chi connectivity index (χ1) is 21.5. The van der Waals surface area contributed by atoms with Crippen LogP contribution in [0.2, 0.25) is 0 Å². The summed E-state index contributed by atoms with van der Waals surface area (Å²) in [6.45, 7) is 8.92. The standard InChI is InChI=1S/C33H38BrFIN5O4/c1-32(2,3)45-31(42)41-17-22-12-23(41)16-40(22)29-24-13-25(36)26(34)28(43-18-20-8-5-4-6-9-20)27(24)37-30(38-29)44-19-33-10-7-11-39(33)15-21(35)14-33/h4-6,8-9,13,21-23H,7,10-12,14-19H2,1-3H3/t21?,22-,23-,33-/m0/s1. The number of carbonyl (C=O) groups excluding carboxylic acids is 1. The molecular weight excluding hydrogens is 756 g/mol. The van der Waals surface area contributed by atoms with Gasteiger partial charge in [0.1, 0.15) is 36.3 Å². The molecule has 2 bridgehead atoms. The lowest BCUT2D eigenvalue weighted by molar-refractivity contribution is 0.0214. The van der Waals surface area contributed by atoms with E-state index in [2.05, 4.69) is 54.4 Å². The Labute approximate surface area is 285 Å². The van der Waals surface area contributed by atoms with Gasteiger partial charge in [0.15, 0.2) is 5.75 Å². The van der Waals surface area contributed by atoms with Gasteiger partial charge in [0.05, 0.1) is 22.1 Å².